The highest BCUT2D eigenvalue weighted by atomic mass is 35.5. The van der Waals surface area contributed by atoms with Gasteiger partial charge in [0.15, 0.2) is 0 Å². The third kappa shape index (κ3) is 4.60. The number of nitrogens with zero attached hydrogens (tertiary/aromatic N) is 1. The molecule has 124 valence electrons. The number of hydrogen-bond acceptors (Lipinski definition) is 4. The summed E-state index contributed by atoms with van der Waals surface area (Å²) in [6.07, 6.45) is 2.40. The van der Waals surface area contributed by atoms with E-state index in [4.69, 9.17) is 10.5 Å². The topological polar surface area (TPSA) is 67.6 Å². The molecule has 2 unspecified atom stereocenters. The Balaban J connectivity index is 0.00000242. The Morgan fingerprint density at radius 3 is 2.59 bits per heavy atom. The van der Waals surface area contributed by atoms with Crippen molar-refractivity contribution in [2.75, 3.05) is 26.7 Å². The molecule has 0 aromatic heterocycles. The number of carbonyl (C=O) groups is 1. The molecule has 0 bridgehead atoms. The lowest BCUT2D eigenvalue weighted by Gasteiger charge is -2.29. The Morgan fingerprint density at radius 2 is 2.00 bits per heavy atom. The van der Waals surface area contributed by atoms with Crippen LogP contribution in [0.1, 0.15) is 31.4 Å². The quantitative estimate of drug-likeness (QED) is 0.835. The molecule has 0 spiro atoms. The van der Waals surface area contributed by atoms with Gasteiger partial charge >= 0.3 is 0 Å². The van der Waals surface area contributed by atoms with E-state index in [1.165, 1.54) is 12.8 Å². The van der Waals surface area contributed by atoms with Crippen LogP contribution in [0.2, 0.25) is 0 Å². The van der Waals surface area contributed by atoms with Gasteiger partial charge in [-0.3, -0.25) is 9.69 Å². The predicted octanol–water partition coefficient (Wildman–Crippen LogP) is 1.72. The first-order chi connectivity index (χ1) is 10.1. The van der Waals surface area contributed by atoms with Gasteiger partial charge in [0.05, 0.1) is 19.2 Å². The van der Waals surface area contributed by atoms with Crippen LogP contribution in [-0.4, -0.2) is 43.6 Å². The van der Waals surface area contributed by atoms with E-state index in [0.717, 1.165) is 24.4 Å². The maximum atomic E-state index is 11.8. The van der Waals surface area contributed by atoms with E-state index in [-0.39, 0.29) is 24.4 Å². The minimum absolute atomic E-state index is 0. The van der Waals surface area contributed by atoms with Crippen molar-refractivity contribution >= 4 is 18.3 Å². The number of ether oxygens (including phenoxy) is 1. The molecule has 1 aromatic carbocycles. The van der Waals surface area contributed by atoms with E-state index in [2.05, 4.69) is 16.3 Å². The highest BCUT2D eigenvalue weighted by Crippen LogP contribution is 2.31. The standard InChI is InChI=1S/C16H25N3O2.ClH/c1-12(17)16(20)18-11-14(19-9-5-6-10-19)13-7-3-4-8-15(13)21-2;/h3-4,7-8,12,14H,5-6,9-11,17H2,1-2H3,(H,18,20);1H. The number of nitrogens with two attached hydrogens (primary N) is 1. The Morgan fingerprint density at radius 1 is 1.36 bits per heavy atom. The van der Waals surface area contributed by atoms with Gasteiger partial charge in [-0.1, -0.05) is 18.2 Å². The highest BCUT2D eigenvalue weighted by Gasteiger charge is 2.26. The number of carbonyl (C=O) groups excluding carboxylic acids is 1. The second-order valence-corrected chi connectivity index (χ2v) is 5.53. The summed E-state index contributed by atoms with van der Waals surface area (Å²) in [6, 6.07) is 7.65. The molecule has 0 aliphatic carbocycles. The van der Waals surface area contributed by atoms with Crippen LogP contribution in [0.5, 0.6) is 5.75 Å². The Kier molecular flexibility index (Phi) is 7.65. The SMILES string of the molecule is COc1ccccc1C(CNC(=O)C(C)N)N1CCCC1.Cl. The molecule has 1 heterocycles. The summed E-state index contributed by atoms with van der Waals surface area (Å²) in [4.78, 5) is 14.2. The summed E-state index contributed by atoms with van der Waals surface area (Å²) >= 11 is 0. The number of likely N-dealkylation sites (tertiary alicyclic amines) is 1. The van der Waals surface area contributed by atoms with Gasteiger partial charge in [-0.2, -0.15) is 0 Å². The number of amides is 1. The van der Waals surface area contributed by atoms with Gasteiger partial charge < -0.3 is 15.8 Å². The van der Waals surface area contributed by atoms with E-state index >= 15 is 0 Å². The molecule has 1 fully saturated rings. The second kappa shape index (κ2) is 8.98. The number of halogens is 1. The molecule has 2 atom stereocenters. The van der Waals surface area contributed by atoms with Crippen molar-refractivity contribution in [3.63, 3.8) is 0 Å². The van der Waals surface area contributed by atoms with E-state index in [1.807, 2.05) is 18.2 Å². The highest BCUT2D eigenvalue weighted by molar-refractivity contribution is 5.85. The van der Waals surface area contributed by atoms with Crippen LogP contribution in [0, 0.1) is 0 Å². The molecule has 5 nitrogen and oxygen atoms in total. The number of nitrogens with one attached hydrogen (secondary N) is 1. The van der Waals surface area contributed by atoms with E-state index < -0.39 is 6.04 Å². The molecule has 6 heteroatoms. The van der Waals surface area contributed by atoms with E-state index in [9.17, 15) is 4.79 Å². The summed E-state index contributed by atoms with van der Waals surface area (Å²) < 4.78 is 5.48. The van der Waals surface area contributed by atoms with E-state index in [0.29, 0.717) is 6.54 Å². The normalized spacial score (nSPS) is 17.4. The van der Waals surface area contributed by atoms with Crippen molar-refractivity contribution < 1.29 is 9.53 Å². The number of rotatable bonds is 6. The van der Waals surface area contributed by atoms with Crippen molar-refractivity contribution in [2.45, 2.75) is 31.8 Å². The van der Waals surface area contributed by atoms with Crippen molar-refractivity contribution in [3.05, 3.63) is 29.8 Å². The van der Waals surface area contributed by atoms with Crippen LogP contribution in [0.3, 0.4) is 0 Å². The van der Waals surface area contributed by atoms with Gasteiger partial charge in [-0.05, 0) is 38.9 Å². The Bertz CT molecular complexity index is 476. The minimum Gasteiger partial charge on any atom is -0.496 e. The van der Waals surface area contributed by atoms with Gasteiger partial charge in [0, 0.05) is 12.1 Å². The number of benzene rings is 1. The van der Waals surface area contributed by atoms with Gasteiger partial charge in [0.1, 0.15) is 5.75 Å². The van der Waals surface area contributed by atoms with E-state index in [1.54, 1.807) is 14.0 Å². The lowest BCUT2D eigenvalue weighted by molar-refractivity contribution is -0.122. The fourth-order valence-electron chi connectivity index (χ4n) is 2.79. The molecule has 22 heavy (non-hydrogen) atoms. The Labute approximate surface area is 138 Å². The predicted molar refractivity (Wildman–Crippen MR) is 90.4 cm³/mol. The summed E-state index contributed by atoms with van der Waals surface area (Å²) in [5.41, 5.74) is 6.74. The second-order valence-electron chi connectivity index (χ2n) is 5.53. The van der Waals surface area contributed by atoms with Gasteiger partial charge in [-0.15, -0.1) is 12.4 Å². The molecular formula is C16H26ClN3O2. The van der Waals surface area contributed by atoms with Gasteiger partial charge in [-0.25, -0.2) is 0 Å². The van der Waals surface area contributed by atoms with Gasteiger partial charge in [0.25, 0.3) is 0 Å². The maximum Gasteiger partial charge on any atom is 0.236 e. The molecule has 0 radical (unpaired) electrons. The largest absolute Gasteiger partial charge is 0.496 e. The van der Waals surface area contributed by atoms with Crippen molar-refractivity contribution in [3.8, 4) is 5.75 Å². The fourth-order valence-corrected chi connectivity index (χ4v) is 2.79. The van der Waals surface area contributed by atoms with Crippen molar-refractivity contribution in [2.24, 2.45) is 5.73 Å². The van der Waals surface area contributed by atoms with Crippen LogP contribution in [-0.2, 0) is 4.79 Å². The molecule has 3 N–H and O–H groups in total. The molecular weight excluding hydrogens is 302 g/mol. The summed E-state index contributed by atoms with van der Waals surface area (Å²) in [5.74, 6) is 0.749. The molecule has 1 aromatic rings. The van der Waals surface area contributed by atoms with Crippen molar-refractivity contribution in [1.29, 1.82) is 0 Å². The average molecular weight is 328 g/mol. The van der Waals surface area contributed by atoms with Crippen LogP contribution in [0.15, 0.2) is 24.3 Å². The first kappa shape index (κ1) is 18.7. The summed E-state index contributed by atoms with van der Waals surface area (Å²) in [7, 11) is 1.68. The average Bonchev–Trinajstić information content (AvgIpc) is 3.01. The monoisotopic (exact) mass is 327 g/mol. The third-order valence-electron chi connectivity index (χ3n) is 3.96. The molecule has 1 aliphatic rings. The van der Waals surface area contributed by atoms with Crippen LogP contribution >= 0.6 is 12.4 Å². The zero-order valence-corrected chi connectivity index (χ0v) is 14.1. The van der Waals surface area contributed by atoms with Gasteiger partial charge in [0.2, 0.25) is 5.91 Å². The summed E-state index contributed by atoms with van der Waals surface area (Å²) in [5, 5.41) is 2.95. The molecule has 1 aliphatic heterocycles. The minimum atomic E-state index is -0.484. The van der Waals surface area contributed by atoms with Crippen LogP contribution in [0.25, 0.3) is 0 Å². The molecule has 1 amide bonds. The number of hydrogen-bond donors (Lipinski definition) is 2. The lowest BCUT2D eigenvalue weighted by atomic mass is 10.0. The van der Waals surface area contributed by atoms with Crippen LogP contribution < -0.4 is 15.8 Å². The lowest BCUT2D eigenvalue weighted by Crippen LogP contribution is -2.43. The van der Waals surface area contributed by atoms with Crippen molar-refractivity contribution in [1.82, 2.24) is 10.2 Å². The fraction of sp³-hybridized carbons (Fsp3) is 0.562. The first-order valence-electron chi connectivity index (χ1n) is 7.53. The number of para-hydroxylation sites is 1. The molecule has 1 saturated heterocycles. The van der Waals surface area contributed by atoms with Crippen LogP contribution in [0.4, 0.5) is 0 Å². The third-order valence-corrected chi connectivity index (χ3v) is 3.96. The first-order valence-corrected chi connectivity index (χ1v) is 7.53. The maximum absolute atomic E-state index is 11.8. The Hall–Kier alpha value is -1.30. The smallest absolute Gasteiger partial charge is 0.236 e. The number of methoxy groups -OCH3 is 1. The summed E-state index contributed by atoms with van der Waals surface area (Å²) in [6.45, 7) is 4.36. The zero-order valence-electron chi connectivity index (χ0n) is 13.2. The molecule has 2 rings (SSSR count). The molecule has 0 saturated carbocycles. The zero-order chi connectivity index (χ0) is 15.2.